The third-order valence-corrected chi connectivity index (χ3v) is 9.81. The average Bonchev–Trinajstić information content (AvgIpc) is 3.17. The van der Waals surface area contributed by atoms with Crippen LogP contribution in [0.2, 0.25) is 0 Å². The molecule has 0 aliphatic carbocycles. The van der Waals surface area contributed by atoms with Crippen LogP contribution < -0.4 is 0 Å². The Morgan fingerprint density at radius 1 is 0.509 bits per heavy atom. The Morgan fingerprint density at radius 3 is 1.44 bits per heavy atom. The Hall–Kier alpha value is -2.18. The molecule has 0 radical (unpaired) electrons. The van der Waals surface area contributed by atoms with E-state index >= 15 is 0 Å². The van der Waals surface area contributed by atoms with E-state index in [0.29, 0.717) is 12.8 Å². The summed E-state index contributed by atoms with van der Waals surface area (Å²) in [6, 6.07) is 0. The second-order valence-electron chi connectivity index (χ2n) is 13.9. The summed E-state index contributed by atoms with van der Waals surface area (Å²) in [7, 11) is -9.69. The van der Waals surface area contributed by atoms with Gasteiger partial charge in [-0.2, -0.15) is 0 Å². The van der Waals surface area contributed by atoms with Crippen LogP contribution in [0.5, 0.6) is 0 Å². The number of carbonyl (C=O) groups excluding carboxylic acids is 2. The summed E-state index contributed by atoms with van der Waals surface area (Å²) in [6.45, 7) is 1.63. The molecule has 0 rings (SSSR count). The molecule has 0 aromatic carbocycles. The van der Waals surface area contributed by atoms with Crippen molar-refractivity contribution >= 4 is 27.6 Å². The standard InChI is InChI=1S/C42H74O13P2/c1-3-5-7-9-11-13-15-17-19-21-23-25-27-29-31-33-41(44)51-37-40(38-54-57(49,50)53-36-39(43)35-52-56(46,47)48)55-42(45)34-32-30-28-26-24-22-20-18-16-14-12-10-8-6-4-2/h11-14,17-20,23,25,39-40,43H,3-10,15-16,21-22,24,26-38H2,1-2H3,(H,49,50)(H2,46,47,48)/b13-11-,14-12-,19-17-,20-18-,25-23-/t39-,40+/m0/s1. The fourth-order valence-corrected chi connectivity index (χ4v) is 6.30. The summed E-state index contributed by atoms with van der Waals surface area (Å²) in [6.07, 6.45) is 39.3. The fraction of sp³-hybridized carbons (Fsp3) is 0.714. The van der Waals surface area contributed by atoms with E-state index in [9.17, 15) is 28.7 Å². The molecule has 13 nitrogen and oxygen atoms in total. The van der Waals surface area contributed by atoms with Crippen LogP contribution in [0.15, 0.2) is 60.8 Å². The lowest BCUT2D eigenvalue weighted by Crippen LogP contribution is -2.30. The molecule has 15 heteroatoms. The molecule has 1 unspecified atom stereocenters. The summed E-state index contributed by atoms with van der Waals surface area (Å²) >= 11 is 0. The Labute approximate surface area is 342 Å². The van der Waals surface area contributed by atoms with Gasteiger partial charge in [-0.05, 0) is 83.5 Å². The summed E-state index contributed by atoms with van der Waals surface area (Å²) in [4.78, 5) is 52.6. The minimum atomic E-state index is -4.87. The monoisotopic (exact) mass is 848 g/mol. The lowest BCUT2D eigenvalue weighted by Gasteiger charge is -2.20. The molecule has 0 aromatic heterocycles. The lowest BCUT2D eigenvalue weighted by molar-refractivity contribution is -0.161. The van der Waals surface area contributed by atoms with Crippen LogP contribution in [0.1, 0.15) is 155 Å². The minimum absolute atomic E-state index is 0.105. The quantitative estimate of drug-likeness (QED) is 0.0198. The second-order valence-corrected chi connectivity index (χ2v) is 16.6. The van der Waals surface area contributed by atoms with Crippen LogP contribution in [-0.4, -0.2) is 70.4 Å². The molecule has 0 amide bonds. The first-order valence-electron chi connectivity index (χ1n) is 21.0. The first-order valence-corrected chi connectivity index (χ1v) is 24.0. The van der Waals surface area contributed by atoms with Gasteiger partial charge in [-0.15, -0.1) is 0 Å². The first-order chi connectivity index (χ1) is 27.4. The van der Waals surface area contributed by atoms with Crippen molar-refractivity contribution in [1.29, 1.82) is 0 Å². The van der Waals surface area contributed by atoms with Gasteiger partial charge in [0, 0.05) is 12.8 Å². The summed E-state index contributed by atoms with van der Waals surface area (Å²) < 4.78 is 47.7. The van der Waals surface area contributed by atoms with Gasteiger partial charge in [-0.1, -0.05) is 120 Å². The highest BCUT2D eigenvalue weighted by molar-refractivity contribution is 7.47. The lowest BCUT2D eigenvalue weighted by atomic mass is 10.1. The van der Waals surface area contributed by atoms with Crippen molar-refractivity contribution in [3.05, 3.63) is 60.8 Å². The smallest absolute Gasteiger partial charge is 0.462 e. The minimum Gasteiger partial charge on any atom is -0.462 e. The highest BCUT2D eigenvalue weighted by Crippen LogP contribution is 2.43. The molecular formula is C42H74O13P2. The number of rotatable bonds is 39. The van der Waals surface area contributed by atoms with Gasteiger partial charge in [0.05, 0.1) is 19.8 Å². The van der Waals surface area contributed by atoms with Crippen LogP contribution in [-0.2, 0) is 41.8 Å². The molecule has 0 aromatic rings. The van der Waals surface area contributed by atoms with E-state index in [-0.39, 0.29) is 12.8 Å². The van der Waals surface area contributed by atoms with E-state index in [1.807, 2.05) is 0 Å². The van der Waals surface area contributed by atoms with Crippen LogP contribution in [0.3, 0.4) is 0 Å². The van der Waals surface area contributed by atoms with Crippen molar-refractivity contribution in [3.8, 4) is 0 Å². The number of hydrogen-bond acceptors (Lipinski definition) is 10. The molecule has 57 heavy (non-hydrogen) atoms. The normalized spacial score (nSPS) is 14.7. The van der Waals surface area contributed by atoms with Gasteiger partial charge in [-0.25, -0.2) is 9.13 Å². The number of aliphatic hydroxyl groups excluding tert-OH is 1. The number of phosphoric acid groups is 2. The molecule has 4 N–H and O–H groups in total. The predicted molar refractivity (Wildman–Crippen MR) is 225 cm³/mol. The molecule has 0 aliphatic rings. The predicted octanol–water partition coefficient (Wildman–Crippen LogP) is 10.4. The average molecular weight is 849 g/mol. The van der Waals surface area contributed by atoms with Gasteiger partial charge in [0.25, 0.3) is 0 Å². The third-order valence-electron chi connectivity index (χ3n) is 8.37. The molecule has 0 spiro atoms. The molecule has 0 saturated carbocycles. The van der Waals surface area contributed by atoms with Crippen molar-refractivity contribution in [3.63, 3.8) is 0 Å². The zero-order valence-electron chi connectivity index (χ0n) is 34.7. The molecule has 3 atom stereocenters. The summed E-state index contributed by atoms with van der Waals surface area (Å²) in [5.41, 5.74) is 0. The maximum Gasteiger partial charge on any atom is 0.472 e. The molecule has 0 heterocycles. The zero-order valence-corrected chi connectivity index (χ0v) is 36.5. The van der Waals surface area contributed by atoms with Crippen LogP contribution >= 0.6 is 15.6 Å². The van der Waals surface area contributed by atoms with E-state index in [1.54, 1.807) is 0 Å². The molecule has 0 aliphatic heterocycles. The number of allylic oxidation sites excluding steroid dienone is 10. The van der Waals surface area contributed by atoms with Gasteiger partial charge in [-0.3, -0.25) is 23.2 Å². The Balaban J connectivity index is 4.64. The first kappa shape index (κ1) is 54.8. The molecule has 0 bridgehead atoms. The highest BCUT2D eigenvalue weighted by Gasteiger charge is 2.28. The number of ether oxygens (including phenoxy) is 2. The van der Waals surface area contributed by atoms with Crippen LogP contribution in [0.4, 0.5) is 0 Å². The van der Waals surface area contributed by atoms with Crippen LogP contribution in [0.25, 0.3) is 0 Å². The van der Waals surface area contributed by atoms with E-state index in [1.165, 1.54) is 38.5 Å². The van der Waals surface area contributed by atoms with Crippen molar-refractivity contribution in [2.75, 3.05) is 26.4 Å². The summed E-state index contributed by atoms with van der Waals surface area (Å²) in [5, 5.41) is 9.73. The van der Waals surface area contributed by atoms with Gasteiger partial charge < -0.3 is 29.3 Å². The zero-order chi connectivity index (χ0) is 42.3. The Morgan fingerprint density at radius 2 is 0.912 bits per heavy atom. The molecular weight excluding hydrogens is 774 g/mol. The van der Waals surface area contributed by atoms with E-state index in [4.69, 9.17) is 23.8 Å². The van der Waals surface area contributed by atoms with Crippen molar-refractivity contribution in [1.82, 2.24) is 0 Å². The SMILES string of the molecule is CCCCC/C=C\C/C=C\C/C=C\CCCCC(=O)OC[C@H](COP(=O)(O)OC[C@@H](O)COP(=O)(O)O)OC(=O)CCCCCCC/C=C\C/C=C\CCCCC. The van der Waals surface area contributed by atoms with E-state index < -0.39 is 66.2 Å². The second kappa shape index (κ2) is 38.0. The Bertz CT molecular complexity index is 1240. The molecule has 330 valence electrons. The van der Waals surface area contributed by atoms with E-state index in [2.05, 4.69) is 83.7 Å². The van der Waals surface area contributed by atoms with Crippen molar-refractivity contribution in [2.45, 2.75) is 167 Å². The number of hydrogen-bond donors (Lipinski definition) is 4. The van der Waals surface area contributed by atoms with Crippen molar-refractivity contribution < 1.29 is 61.6 Å². The molecule has 0 saturated heterocycles. The topological polar surface area (TPSA) is 195 Å². The number of carbonyl (C=O) groups is 2. The van der Waals surface area contributed by atoms with Gasteiger partial charge in [0.2, 0.25) is 0 Å². The van der Waals surface area contributed by atoms with Gasteiger partial charge >= 0.3 is 27.6 Å². The number of phosphoric ester groups is 2. The van der Waals surface area contributed by atoms with Gasteiger partial charge in [0.15, 0.2) is 6.10 Å². The number of esters is 2. The van der Waals surface area contributed by atoms with Crippen LogP contribution in [0, 0.1) is 0 Å². The maximum atomic E-state index is 12.6. The Kier molecular flexibility index (Phi) is 36.6. The van der Waals surface area contributed by atoms with Crippen molar-refractivity contribution in [2.24, 2.45) is 0 Å². The summed E-state index contributed by atoms with van der Waals surface area (Å²) in [5.74, 6) is -1.10. The third kappa shape index (κ3) is 41.8. The number of aliphatic hydroxyl groups is 1. The van der Waals surface area contributed by atoms with E-state index in [0.717, 1.165) is 77.0 Å². The van der Waals surface area contributed by atoms with Gasteiger partial charge in [0.1, 0.15) is 12.7 Å². The molecule has 0 fully saturated rings. The largest absolute Gasteiger partial charge is 0.472 e. The fourth-order valence-electron chi connectivity index (χ4n) is 5.15. The number of unbranched alkanes of at least 4 members (excludes halogenated alkanes) is 13. The maximum absolute atomic E-state index is 12.6. The highest BCUT2D eigenvalue weighted by atomic mass is 31.2.